The molecule has 1 saturated heterocycles. The van der Waals surface area contributed by atoms with Gasteiger partial charge >= 0.3 is 6.09 Å². The maximum Gasteiger partial charge on any atom is 0.410 e. The first-order valence-electron chi connectivity index (χ1n) is 10.9. The lowest BCUT2D eigenvalue weighted by Crippen LogP contribution is -2.41. The first kappa shape index (κ1) is 22.6. The Kier molecular flexibility index (Phi) is 6.52. The number of pyridine rings is 1. The molecule has 1 fully saturated rings. The van der Waals surface area contributed by atoms with Crippen molar-refractivity contribution in [2.45, 2.75) is 51.7 Å². The molecule has 174 valence electrons. The summed E-state index contributed by atoms with van der Waals surface area (Å²) in [6.45, 7) is 7.07. The summed E-state index contributed by atoms with van der Waals surface area (Å²) < 4.78 is 26.8. The zero-order valence-electron chi connectivity index (χ0n) is 18.9. The van der Waals surface area contributed by atoms with Crippen molar-refractivity contribution in [3.63, 3.8) is 0 Å². The number of aromatic nitrogens is 5. The molecule has 0 spiro atoms. The van der Waals surface area contributed by atoms with Gasteiger partial charge in [0.1, 0.15) is 18.5 Å². The topological polar surface area (TPSA) is 95.3 Å². The van der Waals surface area contributed by atoms with Gasteiger partial charge in [-0.15, -0.1) is 5.10 Å². The van der Waals surface area contributed by atoms with Gasteiger partial charge in [0.15, 0.2) is 11.6 Å². The quantitative estimate of drug-likeness (QED) is 0.577. The summed E-state index contributed by atoms with van der Waals surface area (Å²) in [6, 6.07) is 8.44. The molecule has 1 amide bonds. The summed E-state index contributed by atoms with van der Waals surface area (Å²) >= 11 is 0. The van der Waals surface area contributed by atoms with Crippen LogP contribution in [0.2, 0.25) is 0 Å². The number of benzene rings is 1. The Hall–Kier alpha value is -3.56. The fraction of sp³-hybridized carbons (Fsp3) is 0.435. The summed E-state index contributed by atoms with van der Waals surface area (Å²) in [6.07, 6.45) is 4.68. The molecule has 0 bridgehead atoms. The van der Waals surface area contributed by atoms with E-state index in [-0.39, 0.29) is 18.4 Å². The minimum atomic E-state index is -0.503. The van der Waals surface area contributed by atoms with Crippen LogP contribution < -0.4 is 4.74 Å². The number of halogens is 1. The molecule has 0 N–H and O–H groups in total. The van der Waals surface area contributed by atoms with Crippen LogP contribution in [0.1, 0.15) is 50.8 Å². The number of amides is 1. The number of nitrogens with zero attached hydrogens (tertiary/aromatic N) is 6. The second kappa shape index (κ2) is 9.51. The minimum Gasteiger partial charge on any atom is -0.484 e. The van der Waals surface area contributed by atoms with Crippen molar-refractivity contribution in [2.75, 3.05) is 13.1 Å². The van der Waals surface area contributed by atoms with Crippen LogP contribution in [-0.2, 0) is 11.3 Å². The fourth-order valence-corrected chi connectivity index (χ4v) is 3.67. The van der Waals surface area contributed by atoms with Crippen molar-refractivity contribution in [3.8, 4) is 11.4 Å². The standard InChI is InChI=1S/C23H27FN6O3/c1-23(2,3)33-22(31)29-10-8-16(9-11-29)17-4-5-18(25-13-17)14-32-21-7-6-19(12-20(21)24)30-15-26-27-28-30/h4-7,12-13,15-16H,8-11,14H2,1-3H3. The molecule has 0 radical (unpaired) electrons. The van der Waals surface area contributed by atoms with E-state index in [2.05, 4.69) is 20.5 Å². The Balaban J connectivity index is 1.29. The van der Waals surface area contributed by atoms with Crippen LogP contribution in [0.5, 0.6) is 5.75 Å². The van der Waals surface area contributed by atoms with E-state index in [4.69, 9.17) is 9.47 Å². The smallest absolute Gasteiger partial charge is 0.410 e. The molecule has 0 saturated carbocycles. The third-order valence-electron chi connectivity index (χ3n) is 5.37. The average Bonchev–Trinajstić information content (AvgIpc) is 3.33. The Bertz CT molecular complexity index is 1070. The van der Waals surface area contributed by atoms with Gasteiger partial charge in [0.05, 0.1) is 11.4 Å². The highest BCUT2D eigenvalue weighted by Crippen LogP contribution is 2.28. The number of piperidine rings is 1. The Labute approximate surface area is 191 Å². The molecule has 1 aromatic carbocycles. The minimum absolute atomic E-state index is 0.132. The van der Waals surface area contributed by atoms with Gasteiger partial charge in [-0.1, -0.05) is 6.07 Å². The monoisotopic (exact) mass is 454 g/mol. The first-order chi connectivity index (χ1) is 15.8. The summed E-state index contributed by atoms with van der Waals surface area (Å²) in [4.78, 5) is 18.5. The Morgan fingerprint density at radius 3 is 2.58 bits per heavy atom. The van der Waals surface area contributed by atoms with Crippen LogP contribution in [0.25, 0.3) is 5.69 Å². The van der Waals surface area contributed by atoms with Gasteiger partial charge in [0.25, 0.3) is 0 Å². The number of carbonyl (C=O) groups excluding carboxylic acids is 1. The SMILES string of the molecule is CC(C)(C)OC(=O)N1CCC(c2ccc(COc3ccc(-n4cnnn4)cc3F)nc2)CC1. The van der Waals surface area contributed by atoms with Crippen molar-refractivity contribution in [1.82, 2.24) is 30.1 Å². The fourth-order valence-electron chi connectivity index (χ4n) is 3.67. The molecule has 4 rings (SSSR count). The maximum absolute atomic E-state index is 14.4. The maximum atomic E-state index is 14.4. The second-order valence-corrected chi connectivity index (χ2v) is 8.98. The second-order valence-electron chi connectivity index (χ2n) is 8.98. The van der Waals surface area contributed by atoms with Gasteiger partial charge in [-0.2, -0.15) is 0 Å². The van der Waals surface area contributed by atoms with Crippen LogP contribution in [0.3, 0.4) is 0 Å². The normalized spacial score (nSPS) is 14.8. The summed E-state index contributed by atoms with van der Waals surface area (Å²) in [5, 5.41) is 10.8. The van der Waals surface area contributed by atoms with Gasteiger partial charge in [-0.25, -0.2) is 13.9 Å². The van der Waals surface area contributed by atoms with E-state index >= 15 is 0 Å². The number of ether oxygens (including phenoxy) is 2. The molecular weight excluding hydrogens is 427 g/mol. The van der Waals surface area contributed by atoms with Gasteiger partial charge in [0.2, 0.25) is 0 Å². The third-order valence-corrected chi connectivity index (χ3v) is 5.37. The van der Waals surface area contributed by atoms with Crippen LogP contribution >= 0.6 is 0 Å². The highest BCUT2D eigenvalue weighted by atomic mass is 19.1. The van der Waals surface area contributed by atoms with Crippen molar-refractivity contribution in [3.05, 3.63) is 59.9 Å². The van der Waals surface area contributed by atoms with Crippen LogP contribution in [0.15, 0.2) is 42.9 Å². The summed E-state index contributed by atoms with van der Waals surface area (Å²) in [5.74, 6) is -0.0361. The Morgan fingerprint density at radius 1 is 1.18 bits per heavy atom. The van der Waals surface area contributed by atoms with E-state index in [1.165, 1.54) is 17.1 Å². The molecule has 1 aliphatic heterocycles. The van der Waals surface area contributed by atoms with E-state index in [9.17, 15) is 9.18 Å². The number of carbonyl (C=O) groups is 1. The summed E-state index contributed by atoms with van der Waals surface area (Å²) in [5.41, 5.74) is 1.84. The zero-order valence-corrected chi connectivity index (χ0v) is 18.9. The van der Waals surface area contributed by atoms with Crippen LogP contribution in [0.4, 0.5) is 9.18 Å². The van der Waals surface area contributed by atoms with Crippen LogP contribution in [-0.4, -0.2) is 54.9 Å². The number of tetrazole rings is 1. The van der Waals surface area contributed by atoms with E-state index in [1.54, 1.807) is 17.0 Å². The van der Waals surface area contributed by atoms with Crippen molar-refractivity contribution < 1.29 is 18.7 Å². The lowest BCUT2D eigenvalue weighted by Gasteiger charge is -2.33. The molecule has 0 atom stereocenters. The van der Waals surface area contributed by atoms with Crippen molar-refractivity contribution in [2.24, 2.45) is 0 Å². The van der Waals surface area contributed by atoms with Crippen molar-refractivity contribution >= 4 is 6.09 Å². The highest BCUT2D eigenvalue weighted by molar-refractivity contribution is 5.68. The van der Waals surface area contributed by atoms with E-state index in [0.717, 1.165) is 18.4 Å². The average molecular weight is 455 g/mol. The molecule has 3 heterocycles. The number of likely N-dealkylation sites (tertiary alicyclic amines) is 1. The Morgan fingerprint density at radius 2 is 1.97 bits per heavy atom. The van der Waals surface area contributed by atoms with Crippen molar-refractivity contribution in [1.29, 1.82) is 0 Å². The molecule has 10 heteroatoms. The van der Waals surface area contributed by atoms with Gasteiger partial charge in [-0.05, 0) is 73.7 Å². The van der Waals surface area contributed by atoms with E-state index in [0.29, 0.717) is 30.4 Å². The number of rotatable bonds is 5. The molecule has 2 aromatic heterocycles. The highest BCUT2D eigenvalue weighted by Gasteiger charge is 2.27. The van der Waals surface area contributed by atoms with E-state index < -0.39 is 11.4 Å². The lowest BCUT2D eigenvalue weighted by atomic mass is 9.90. The van der Waals surface area contributed by atoms with E-state index in [1.807, 2.05) is 39.1 Å². The van der Waals surface area contributed by atoms with Gasteiger partial charge < -0.3 is 14.4 Å². The predicted molar refractivity (Wildman–Crippen MR) is 117 cm³/mol. The predicted octanol–water partition coefficient (Wildman–Crippen LogP) is 3.89. The lowest BCUT2D eigenvalue weighted by molar-refractivity contribution is 0.0205. The molecular formula is C23H27FN6O3. The number of hydrogen-bond donors (Lipinski definition) is 0. The van der Waals surface area contributed by atoms with Gasteiger partial charge in [-0.3, -0.25) is 4.98 Å². The molecule has 33 heavy (non-hydrogen) atoms. The number of hydrogen-bond acceptors (Lipinski definition) is 7. The zero-order chi connectivity index (χ0) is 23.4. The largest absolute Gasteiger partial charge is 0.484 e. The van der Waals surface area contributed by atoms with Gasteiger partial charge in [0, 0.05) is 25.4 Å². The molecule has 0 aliphatic carbocycles. The summed E-state index contributed by atoms with van der Waals surface area (Å²) in [7, 11) is 0. The molecule has 9 nitrogen and oxygen atoms in total. The first-order valence-corrected chi connectivity index (χ1v) is 10.9. The third kappa shape index (κ3) is 5.82. The van der Waals surface area contributed by atoms with Crippen LogP contribution in [0, 0.1) is 5.82 Å². The molecule has 1 aliphatic rings. The molecule has 3 aromatic rings. The molecule has 0 unspecified atom stereocenters.